The van der Waals surface area contributed by atoms with Crippen molar-refractivity contribution in [1.29, 1.82) is 5.26 Å². The van der Waals surface area contributed by atoms with Gasteiger partial charge in [-0.25, -0.2) is 0 Å². The normalized spacial score (nSPS) is 16.8. The fourth-order valence-corrected chi connectivity index (χ4v) is 2.65. The minimum absolute atomic E-state index is 0.126. The molecule has 21 heavy (non-hydrogen) atoms. The van der Waals surface area contributed by atoms with E-state index in [-0.39, 0.29) is 25.6 Å². The van der Waals surface area contributed by atoms with Crippen LogP contribution in [0.2, 0.25) is 0 Å². The van der Waals surface area contributed by atoms with Gasteiger partial charge in [-0.05, 0) is 19.8 Å². The highest BCUT2D eigenvalue weighted by atomic mass is 16.5. The van der Waals surface area contributed by atoms with Gasteiger partial charge < -0.3 is 14.4 Å². The number of hydrogen-bond donors (Lipinski definition) is 0. The molecule has 118 valence electrons. The smallest absolute Gasteiger partial charge is 0.325 e. The number of hydrogen-bond acceptors (Lipinski definition) is 5. The molecule has 0 bridgehead atoms. The average Bonchev–Trinajstić information content (AvgIpc) is 2.51. The third kappa shape index (κ3) is 4.71. The predicted molar refractivity (Wildman–Crippen MR) is 76.2 cm³/mol. The molecule has 0 aromatic rings. The molecule has 0 spiro atoms. The number of carbonyl (C=O) groups is 2. The molecule has 0 radical (unpaired) electrons. The summed E-state index contributed by atoms with van der Waals surface area (Å²) in [7, 11) is 1.54. The minimum atomic E-state index is -0.988. The third-order valence-corrected chi connectivity index (χ3v) is 3.81. The first-order valence-electron chi connectivity index (χ1n) is 7.45. The van der Waals surface area contributed by atoms with Crippen LogP contribution in [-0.2, 0) is 19.1 Å². The molecule has 1 fully saturated rings. The molecular formula is C15H24N2O4. The van der Waals surface area contributed by atoms with Crippen molar-refractivity contribution in [3.8, 4) is 6.07 Å². The van der Waals surface area contributed by atoms with Gasteiger partial charge in [0.2, 0.25) is 5.91 Å². The predicted octanol–water partition coefficient (Wildman–Crippen LogP) is 1.50. The van der Waals surface area contributed by atoms with E-state index in [0.717, 1.165) is 19.3 Å². The van der Waals surface area contributed by atoms with Gasteiger partial charge in [-0.2, -0.15) is 5.26 Å². The first kappa shape index (κ1) is 17.4. The molecule has 0 heterocycles. The zero-order valence-corrected chi connectivity index (χ0v) is 12.9. The molecule has 1 rings (SSSR count). The summed E-state index contributed by atoms with van der Waals surface area (Å²) in [6.07, 6.45) is 3.92. The molecule has 0 aliphatic heterocycles. The maximum Gasteiger partial charge on any atom is 0.325 e. The lowest BCUT2D eigenvalue weighted by atomic mass is 9.74. The molecule has 0 N–H and O–H groups in total. The van der Waals surface area contributed by atoms with Gasteiger partial charge in [0.05, 0.1) is 19.3 Å². The Hall–Kier alpha value is -1.61. The highest BCUT2D eigenvalue weighted by Crippen LogP contribution is 2.37. The van der Waals surface area contributed by atoms with E-state index in [1.54, 1.807) is 6.92 Å². The number of rotatable bonds is 7. The number of methoxy groups -OCH3 is 1. The van der Waals surface area contributed by atoms with Crippen molar-refractivity contribution < 1.29 is 19.1 Å². The molecular weight excluding hydrogens is 272 g/mol. The van der Waals surface area contributed by atoms with Gasteiger partial charge in [-0.15, -0.1) is 0 Å². The van der Waals surface area contributed by atoms with Gasteiger partial charge >= 0.3 is 5.97 Å². The van der Waals surface area contributed by atoms with Crippen molar-refractivity contribution in [2.45, 2.75) is 39.0 Å². The summed E-state index contributed by atoms with van der Waals surface area (Å²) < 4.78 is 9.89. The summed E-state index contributed by atoms with van der Waals surface area (Å²) in [5.41, 5.74) is -0.988. The highest BCUT2D eigenvalue weighted by Gasteiger charge is 2.42. The summed E-state index contributed by atoms with van der Waals surface area (Å²) in [6, 6.07) is 2.20. The largest absolute Gasteiger partial charge is 0.465 e. The third-order valence-electron chi connectivity index (χ3n) is 3.81. The van der Waals surface area contributed by atoms with Crippen molar-refractivity contribution in [1.82, 2.24) is 4.90 Å². The highest BCUT2D eigenvalue weighted by molar-refractivity contribution is 5.88. The van der Waals surface area contributed by atoms with Gasteiger partial charge in [-0.1, -0.05) is 19.3 Å². The fraction of sp³-hybridized carbons (Fsp3) is 0.800. The van der Waals surface area contributed by atoms with Crippen molar-refractivity contribution in [2.75, 3.05) is 33.4 Å². The van der Waals surface area contributed by atoms with Crippen molar-refractivity contribution >= 4 is 11.9 Å². The Morgan fingerprint density at radius 2 is 1.95 bits per heavy atom. The molecule has 6 nitrogen and oxygen atoms in total. The van der Waals surface area contributed by atoms with Crippen LogP contribution in [0.5, 0.6) is 0 Å². The maximum absolute atomic E-state index is 12.7. The second-order valence-electron chi connectivity index (χ2n) is 5.28. The maximum atomic E-state index is 12.7. The number of nitrogens with zero attached hydrogens (tertiary/aromatic N) is 2. The van der Waals surface area contributed by atoms with E-state index in [1.165, 1.54) is 12.0 Å². The lowest BCUT2D eigenvalue weighted by Gasteiger charge is -2.34. The van der Waals surface area contributed by atoms with Crippen LogP contribution in [0, 0.1) is 16.7 Å². The van der Waals surface area contributed by atoms with Crippen molar-refractivity contribution in [2.24, 2.45) is 5.41 Å². The zero-order chi connectivity index (χ0) is 15.7. The van der Waals surface area contributed by atoms with Crippen LogP contribution in [0.4, 0.5) is 0 Å². The Labute approximate surface area is 126 Å². The van der Waals surface area contributed by atoms with Gasteiger partial charge in [0, 0.05) is 13.7 Å². The van der Waals surface area contributed by atoms with Gasteiger partial charge in [0.15, 0.2) is 0 Å². The van der Waals surface area contributed by atoms with E-state index in [9.17, 15) is 14.9 Å². The lowest BCUT2D eigenvalue weighted by Crippen LogP contribution is -2.47. The van der Waals surface area contributed by atoms with Crippen LogP contribution < -0.4 is 0 Å². The SMILES string of the molecule is CCOC(=O)CN(CCOC)C(=O)C1(C#N)CCCCC1. The van der Waals surface area contributed by atoms with Gasteiger partial charge in [0.1, 0.15) is 12.0 Å². The standard InChI is InChI=1S/C15H24N2O4/c1-3-21-13(18)11-17(9-10-20-2)14(19)15(12-16)7-5-4-6-8-15/h3-11H2,1-2H3. The molecule has 1 saturated carbocycles. The number of nitriles is 1. The van der Waals surface area contributed by atoms with E-state index < -0.39 is 11.4 Å². The molecule has 6 heteroatoms. The van der Waals surface area contributed by atoms with E-state index >= 15 is 0 Å². The number of amides is 1. The Morgan fingerprint density at radius 1 is 1.29 bits per heavy atom. The number of esters is 1. The summed E-state index contributed by atoms with van der Waals surface area (Å²) in [4.78, 5) is 25.8. The van der Waals surface area contributed by atoms with Crippen LogP contribution in [-0.4, -0.2) is 50.2 Å². The van der Waals surface area contributed by atoms with E-state index in [0.29, 0.717) is 19.4 Å². The molecule has 0 unspecified atom stereocenters. The van der Waals surface area contributed by atoms with Crippen LogP contribution in [0.15, 0.2) is 0 Å². The van der Waals surface area contributed by atoms with E-state index in [4.69, 9.17) is 9.47 Å². The minimum Gasteiger partial charge on any atom is -0.465 e. The fourth-order valence-electron chi connectivity index (χ4n) is 2.65. The van der Waals surface area contributed by atoms with Crippen molar-refractivity contribution in [3.05, 3.63) is 0 Å². The second-order valence-corrected chi connectivity index (χ2v) is 5.28. The van der Waals surface area contributed by atoms with E-state index in [1.807, 2.05) is 0 Å². The quantitative estimate of drug-likeness (QED) is 0.665. The number of carbonyl (C=O) groups excluding carboxylic acids is 2. The summed E-state index contributed by atoms with van der Waals surface area (Å²) in [6.45, 7) is 2.48. The summed E-state index contributed by atoms with van der Waals surface area (Å²) in [5, 5.41) is 9.48. The van der Waals surface area contributed by atoms with Gasteiger partial charge in [0.25, 0.3) is 0 Å². The summed E-state index contributed by atoms with van der Waals surface area (Å²) >= 11 is 0. The molecule has 0 aromatic heterocycles. The Kier molecular flexibility index (Phi) is 7.17. The van der Waals surface area contributed by atoms with Crippen LogP contribution >= 0.6 is 0 Å². The first-order chi connectivity index (χ1) is 10.1. The Balaban J connectivity index is 2.82. The monoisotopic (exact) mass is 296 g/mol. The molecule has 0 atom stereocenters. The molecule has 0 saturated heterocycles. The lowest BCUT2D eigenvalue weighted by molar-refractivity contribution is -0.152. The molecule has 0 aromatic carbocycles. The molecule has 1 amide bonds. The molecule has 1 aliphatic carbocycles. The Morgan fingerprint density at radius 3 is 2.48 bits per heavy atom. The van der Waals surface area contributed by atoms with Crippen LogP contribution in [0.25, 0.3) is 0 Å². The van der Waals surface area contributed by atoms with Gasteiger partial charge in [-0.3, -0.25) is 9.59 Å². The average molecular weight is 296 g/mol. The Bertz CT molecular complexity index is 397. The van der Waals surface area contributed by atoms with Crippen LogP contribution in [0.3, 0.4) is 0 Å². The first-order valence-corrected chi connectivity index (χ1v) is 7.45. The van der Waals surface area contributed by atoms with Crippen LogP contribution in [0.1, 0.15) is 39.0 Å². The van der Waals surface area contributed by atoms with E-state index in [2.05, 4.69) is 6.07 Å². The topological polar surface area (TPSA) is 79.6 Å². The second kappa shape index (κ2) is 8.63. The zero-order valence-electron chi connectivity index (χ0n) is 12.9. The van der Waals surface area contributed by atoms with Crippen molar-refractivity contribution in [3.63, 3.8) is 0 Å². The number of ether oxygens (including phenoxy) is 2. The summed E-state index contributed by atoms with van der Waals surface area (Å²) in [5.74, 6) is -0.722. The molecule has 1 aliphatic rings.